The van der Waals surface area contributed by atoms with E-state index in [1.807, 2.05) is 60.7 Å². The number of rotatable bonds is 6. The minimum Gasteiger partial charge on any atom is -0.208 e. The lowest BCUT2D eigenvalue weighted by atomic mass is 9.96. The molecule has 0 saturated carbocycles. The molecule has 216 valence electrons. The van der Waals surface area contributed by atoms with E-state index < -0.39 is 0 Å². The third-order valence-electron chi connectivity index (χ3n) is 8.32. The van der Waals surface area contributed by atoms with Crippen LogP contribution in [0.15, 0.2) is 176 Å². The van der Waals surface area contributed by atoms with Gasteiger partial charge < -0.3 is 0 Å². The van der Waals surface area contributed by atoms with Crippen LogP contribution in [0.4, 0.5) is 0 Å². The fourth-order valence-electron chi connectivity index (χ4n) is 5.88. The van der Waals surface area contributed by atoms with E-state index in [0.717, 1.165) is 27.8 Å². The Hall–Kier alpha value is -6.19. The highest BCUT2D eigenvalue weighted by Crippen LogP contribution is 2.32. The molecule has 46 heavy (non-hydrogen) atoms. The number of hydrogen-bond donors (Lipinski definition) is 0. The van der Waals surface area contributed by atoms with Crippen molar-refractivity contribution in [2.75, 3.05) is 0 Å². The molecule has 0 fully saturated rings. The highest BCUT2D eigenvalue weighted by atomic mass is 15.0. The number of aromatic nitrogens is 3. The van der Waals surface area contributed by atoms with Gasteiger partial charge in [0, 0.05) is 16.7 Å². The van der Waals surface area contributed by atoms with E-state index in [-0.39, 0.29) is 0 Å². The van der Waals surface area contributed by atoms with E-state index in [4.69, 9.17) is 15.0 Å². The third kappa shape index (κ3) is 5.58. The van der Waals surface area contributed by atoms with Crippen molar-refractivity contribution in [2.24, 2.45) is 0 Å². The molecule has 0 radical (unpaired) electrons. The van der Waals surface area contributed by atoms with Crippen molar-refractivity contribution in [2.45, 2.75) is 0 Å². The second-order valence-electron chi connectivity index (χ2n) is 11.3. The smallest absolute Gasteiger partial charge is 0.164 e. The zero-order chi connectivity index (χ0) is 30.7. The summed E-state index contributed by atoms with van der Waals surface area (Å²) in [6.45, 7) is 0. The van der Waals surface area contributed by atoms with Crippen LogP contribution in [0.1, 0.15) is 0 Å². The Morgan fingerprint density at radius 2 is 0.587 bits per heavy atom. The molecular formula is C43H29N3. The highest BCUT2D eigenvalue weighted by Gasteiger charge is 2.13. The average molecular weight is 588 g/mol. The van der Waals surface area contributed by atoms with Crippen LogP contribution in [0.3, 0.4) is 0 Å². The molecule has 1 heterocycles. The van der Waals surface area contributed by atoms with E-state index in [1.54, 1.807) is 0 Å². The monoisotopic (exact) mass is 587 g/mol. The Balaban J connectivity index is 1.12. The molecule has 0 atom stereocenters. The van der Waals surface area contributed by atoms with Crippen LogP contribution in [0.2, 0.25) is 0 Å². The predicted molar refractivity (Wildman–Crippen MR) is 190 cm³/mol. The Kier molecular flexibility index (Phi) is 7.18. The Labute approximate surface area is 268 Å². The van der Waals surface area contributed by atoms with Gasteiger partial charge in [0.1, 0.15) is 0 Å². The van der Waals surface area contributed by atoms with Gasteiger partial charge in [0.15, 0.2) is 17.5 Å². The van der Waals surface area contributed by atoms with Crippen molar-refractivity contribution in [3.05, 3.63) is 176 Å². The molecule has 7 aromatic carbocycles. The fourth-order valence-corrected chi connectivity index (χ4v) is 5.88. The van der Waals surface area contributed by atoms with Crippen LogP contribution in [0.5, 0.6) is 0 Å². The molecule has 8 aromatic rings. The second kappa shape index (κ2) is 12.1. The van der Waals surface area contributed by atoms with Crippen molar-refractivity contribution in [3.63, 3.8) is 0 Å². The van der Waals surface area contributed by atoms with Crippen LogP contribution < -0.4 is 0 Å². The van der Waals surface area contributed by atoms with Crippen LogP contribution in [0.25, 0.3) is 78.3 Å². The first kappa shape index (κ1) is 27.4. The number of fused-ring (bicyclic) bond motifs is 1. The molecule has 0 saturated heterocycles. The van der Waals surface area contributed by atoms with Crippen molar-refractivity contribution >= 4 is 10.8 Å². The van der Waals surface area contributed by atoms with E-state index in [1.165, 1.54) is 33.0 Å². The molecule has 0 unspecified atom stereocenters. The molecular weight excluding hydrogens is 558 g/mol. The van der Waals surface area contributed by atoms with Gasteiger partial charge in [0.05, 0.1) is 0 Å². The molecule has 0 aliphatic carbocycles. The van der Waals surface area contributed by atoms with E-state index in [2.05, 4.69) is 115 Å². The largest absolute Gasteiger partial charge is 0.208 e. The van der Waals surface area contributed by atoms with Crippen molar-refractivity contribution in [1.82, 2.24) is 15.0 Å². The summed E-state index contributed by atoms with van der Waals surface area (Å²) in [5.74, 6) is 1.96. The lowest BCUT2D eigenvalue weighted by molar-refractivity contribution is 1.07. The maximum atomic E-state index is 4.93. The molecule has 0 amide bonds. The van der Waals surface area contributed by atoms with Gasteiger partial charge in [-0.3, -0.25) is 0 Å². The summed E-state index contributed by atoms with van der Waals surface area (Å²) in [5.41, 5.74) is 9.89. The van der Waals surface area contributed by atoms with Crippen molar-refractivity contribution in [3.8, 4) is 67.5 Å². The molecule has 0 spiro atoms. The van der Waals surface area contributed by atoms with Crippen LogP contribution in [-0.2, 0) is 0 Å². The summed E-state index contributed by atoms with van der Waals surface area (Å²) in [6.07, 6.45) is 0. The molecule has 0 bridgehead atoms. The van der Waals surface area contributed by atoms with Crippen LogP contribution >= 0.6 is 0 Å². The Morgan fingerprint density at radius 3 is 1.15 bits per heavy atom. The van der Waals surface area contributed by atoms with Gasteiger partial charge >= 0.3 is 0 Å². The topological polar surface area (TPSA) is 38.7 Å². The van der Waals surface area contributed by atoms with E-state index >= 15 is 0 Å². The van der Waals surface area contributed by atoms with Crippen LogP contribution in [-0.4, -0.2) is 15.0 Å². The minimum atomic E-state index is 0.648. The number of nitrogens with zero attached hydrogens (tertiary/aromatic N) is 3. The molecule has 3 nitrogen and oxygen atoms in total. The predicted octanol–water partition coefficient (Wildman–Crippen LogP) is 11.0. The first-order chi connectivity index (χ1) is 22.8. The molecule has 0 aliphatic heterocycles. The zero-order valence-corrected chi connectivity index (χ0v) is 25.1. The summed E-state index contributed by atoms with van der Waals surface area (Å²) in [5, 5.41) is 2.51. The summed E-state index contributed by atoms with van der Waals surface area (Å²) < 4.78 is 0. The summed E-state index contributed by atoms with van der Waals surface area (Å²) in [7, 11) is 0. The zero-order valence-electron chi connectivity index (χ0n) is 25.1. The summed E-state index contributed by atoms with van der Waals surface area (Å²) in [6, 6.07) is 61.3. The van der Waals surface area contributed by atoms with Gasteiger partial charge in [-0.05, 0) is 62.4 Å². The van der Waals surface area contributed by atoms with Crippen LogP contribution in [0, 0.1) is 0 Å². The normalized spacial score (nSPS) is 11.0. The molecule has 3 heteroatoms. The summed E-state index contributed by atoms with van der Waals surface area (Å²) >= 11 is 0. The minimum absolute atomic E-state index is 0.648. The number of hydrogen-bond acceptors (Lipinski definition) is 3. The van der Waals surface area contributed by atoms with E-state index in [0.29, 0.717) is 17.5 Å². The molecule has 0 aliphatic rings. The van der Waals surface area contributed by atoms with Gasteiger partial charge in [-0.2, -0.15) is 0 Å². The summed E-state index contributed by atoms with van der Waals surface area (Å²) in [4.78, 5) is 14.7. The molecule has 8 rings (SSSR count). The lowest BCUT2D eigenvalue weighted by Crippen LogP contribution is -2.00. The standard InChI is InChI=1S/C43H29N3/c1-3-12-33(13-4-1)41-44-42(34-14-5-2-6-15-34)46-43(45-41)40-20-10-19-38(29-40)37-18-9-17-36(27-37)31-21-23-32(24-22-31)39-26-25-30-11-7-8-16-35(30)28-39/h1-29H. The third-order valence-corrected chi connectivity index (χ3v) is 8.32. The maximum absolute atomic E-state index is 4.93. The molecule has 0 N–H and O–H groups in total. The average Bonchev–Trinajstić information content (AvgIpc) is 3.15. The van der Waals surface area contributed by atoms with Gasteiger partial charge in [0.2, 0.25) is 0 Å². The van der Waals surface area contributed by atoms with Crippen molar-refractivity contribution in [1.29, 1.82) is 0 Å². The van der Waals surface area contributed by atoms with Gasteiger partial charge in [-0.15, -0.1) is 0 Å². The SMILES string of the molecule is c1ccc(-c2nc(-c3ccccc3)nc(-c3cccc(-c4cccc(-c5ccc(-c6ccc7ccccc7c6)cc5)c4)c3)n2)cc1. The van der Waals surface area contributed by atoms with Gasteiger partial charge in [-0.1, -0.05) is 158 Å². The van der Waals surface area contributed by atoms with E-state index in [9.17, 15) is 0 Å². The number of benzene rings is 7. The second-order valence-corrected chi connectivity index (χ2v) is 11.3. The van der Waals surface area contributed by atoms with Gasteiger partial charge in [-0.25, -0.2) is 15.0 Å². The lowest BCUT2D eigenvalue weighted by Gasteiger charge is -2.11. The Morgan fingerprint density at radius 1 is 0.217 bits per heavy atom. The fraction of sp³-hybridized carbons (Fsp3) is 0. The first-order valence-electron chi connectivity index (χ1n) is 15.4. The van der Waals surface area contributed by atoms with Gasteiger partial charge in [0.25, 0.3) is 0 Å². The van der Waals surface area contributed by atoms with Crippen molar-refractivity contribution < 1.29 is 0 Å². The Bertz CT molecular complexity index is 2240. The highest BCUT2D eigenvalue weighted by molar-refractivity contribution is 5.87. The first-order valence-corrected chi connectivity index (χ1v) is 15.4. The maximum Gasteiger partial charge on any atom is 0.164 e. The quantitative estimate of drug-likeness (QED) is 0.194. The molecule has 1 aromatic heterocycles.